The largest absolute Gasteiger partial charge is 0.378 e. The van der Waals surface area contributed by atoms with Gasteiger partial charge in [-0.05, 0) is 24.3 Å². The molecular weight excluding hydrogens is 238 g/mol. The minimum Gasteiger partial charge on any atom is -0.378 e. The van der Waals surface area contributed by atoms with Crippen LogP contribution in [0.2, 0.25) is 0 Å². The molecule has 0 aliphatic heterocycles. The fourth-order valence-electron chi connectivity index (χ4n) is 0.991. The summed E-state index contributed by atoms with van der Waals surface area (Å²) in [7, 11) is 0.228. The molecule has 0 heterocycles. The second-order valence-corrected chi connectivity index (χ2v) is 4.72. The van der Waals surface area contributed by atoms with E-state index in [4.69, 9.17) is 5.84 Å². The van der Waals surface area contributed by atoms with E-state index in [1.807, 2.05) is 19.0 Å². The van der Waals surface area contributed by atoms with E-state index < -0.39 is 10.0 Å². The molecule has 0 atom stereocenters. The third-order valence-electron chi connectivity index (χ3n) is 1.82. The van der Waals surface area contributed by atoms with Gasteiger partial charge in [-0.3, -0.25) is 5.84 Å². The number of sulfonamides is 1. The Morgan fingerprint density at radius 2 is 1.67 bits per heavy atom. The van der Waals surface area contributed by atoms with Crippen LogP contribution in [0.15, 0.2) is 29.2 Å². The highest BCUT2D eigenvalue weighted by atomic mass is 35.5. The van der Waals surface area contributed by atoms with Crippen molar-refractivity contribution in [2.24, 2.45) is 5.84 Å². The molecule has 15 heavy (non-hydrogen) atoms. The highest BCUT2D eigenvalue weighted by Gasteiger charge is 2.10. The first-order valence-electron chi connectivity index (χ1n) is 3.97. The van der Waals surface area contributed by atoms with Crippen LogP contribution in [0.1, 0.15) is 0 Å². The SMILES string of the molecule is CN(C)c1ccc(S(=O)(=O)NN)cc1.Cl. The molecule has 1 aromatic rings. The van der Waals surface area contributed by atoms with Crippen molar-refractivity contribution in [2.75, 3.05) is 19.0 Å². The molecule has 86 valence electrons. The normalized spacial score (nSPS) is 10.6. The third kappa shape index (κ3) is 3.35. The van der Waals surface area contributed by atoms with Crippen LogP contribution < -0.4 is 15.6 Å². The molecule has 7 heteroatoms. The minimum atomic E-state index is -3.53. The first kappa shape index (κ1) is 14.2. The molecule has 0 aliphatic rings. The Labute approximate surface area is 95.7 Å². The summed E-state index contributed by atoms with van der Waals surface area (Å²) in [5, 5.41) is 0. The Kier molecular flexibility index (Phi) is 5.02. The smallest absolute Gasteiger partial charge is 0.253 e. The minimum absolute atomic E-state index is 0. The summed E-state index contributed by atoms with van der Waals surface area (Å²) in [6.07, 6.45) is 0. The second kappa shape index (κ2) is 5.32. The van der Waals surface area contributed by atoms with Gasteiger partial charge >= 0.3 is 0 Å². The number of nitrogens with one attached hydrogen (secondary N) is 1. The fourth-order valence-corrected chi connectivity index (χ4v) is 1.62. The van der Waals surface area contributed by atoms with E-state index in [2.05, 4.69) is 0 Å². The van der Waals surface area contributed by atoms with Crippen LogP contribution >= 0.6 is 12.4 Å². The number of halogens is 1. The summed E-state index contributed by atoms with van der Waals surface area (Å²) in [5.74, 6) is 4.89. The first-order chi connectivity index (χ1) is 6.47. The number of hydrogen-bond donors (Lipinski definition) is 2. The van der Waals surface area contributed by atoms with E-state index in [0.717, 1.165) is 5.69 Å². The van der Waals surface area contributed by atoms with Crippen LogP contribution in [0, 0.1) is 0 Å². The number of anilines is 1. The molecule has 0 saturated carbocycles. The molecule has 0 unspecified atom stereocenters. The molecule has 0 spiro atoms. The Bertz CT molecular complexity index is 402. The highest BCUT2D eigenvalue weighted by Crippen LogP contribution is 2.15. The highest BCUT2D eigenvalue weighted by molar-refractivity contribution is 7.89. The van der Waals surface area contributed by atoms with Gasteiger partial charge in [0.25, 0.3) is 10.0 Å². The van der Waals surface area contributed by atoms with Crippen molar-refractivity contribution in [1.82, 2.24) is 4.83 Å². The quantitative estimate of drug-likeness (QED) is 0.600. The average molecular weight is 252 g/mol. The van der Waals surface area contributed by atoms with Crippen molar-refractivity contribution in [3.63, 3.8) is 0 Å². The van der Waals surface area contributed by atoms with E-state index >= 15 is 0 Å². The molecule has 0 radical (unpaired) electrons. The molecule has 5 nitrogen and oxygen atoms in total. The lowest BCUT2D eigenvalue weighted by atomic mass is 10.3. The zero-order chi connectivity index (χ0) is 10.8. The lowest BCUT2D eigenvalue weighted by Gasteiger charge is -2.12. The molecule has 0 saturated heterocycles. The number of nitrogens with two attached hydrogens (primary N) is 1. The Morgan fingerprint density at radius 3 is 2.00 bits per heavy atom. The van der Waals surface area contributed by atoms with Gasteiger partial charge in [-0.15, -0.1) is 12.4 Å². The molecular formula is C8H14ClN3O2S. The van der Waals surface area contributed by atoms with Crippen molar-refractivity contribution < 1.29 is 8.42 Å². The third-order valence-corrected chi connectivity index (χ3v) is 3.02. The van der Waals surface area contributed by atoms with Crippen LogP contribution in [-0.4, -0.2) is 22.5 Å². The van der Waals surface area contributed by atoms with Crippen molar-refractivity contribution >= 4 is 28.1 Å². The van der Waals surface area contributed by atoms with E-state index in [-0.39, 0.29) is 17.3 Å². The molecule has 0 aliphatic carbocycles. The monoisotopic (exact) mass is 251 g/mol. The van der Waals surface area contributed by atoms with E-state index in [1.165, 1.54) is 12.1 Å². The predicted octanol–water partition coefficient (Wildman–Crippen LogP) is 0.326. The van der Waals surface area contributed by atoms with Crippen molar-refractivity contribution in [2.45, 2.75) is 4.90 Å². The van der Waals surface area contributed by atoms with Crippen LogP contribution in [0.3, 0.4) is 0 Å². The number of hydrazine groups is 1. The first-order valence-corrected chi connectivity index (χ1v) is 5.45. The zero-order valence-corrected chi connectivity index (χ0v) is 10.1. The average Bonchev–Trinajstić information content (AvgIpc) is 2.18. The number of benzene rings is 1. The Morgan fingerprint density at radius 1 is 1.20 bits per heavy atom. The summed E-state index contributed by atoms with van der Waals surface area (Å²) in [4.78, 5) is 3.80. The summed E-state index contributed by atoms with van der Waals surface area (Å²) in [6, 6.07) is 6.43. The van der Waals surface area contributed by atoms with E-state index in [1.54, 1.807) is 17.0 Å². The van der Waals surface area contributed by atoms with Gasteiger partial charge in [-0.25, -0.2) is 8.42 Å². The molecule has 3 N–H and O–H groups in total. The van der Waals surface area contributed by atoms with Gasteiger partial charge in [0.1, 0.15) is 0 Å². The summed E-state index contributed by atoms with van der Waals surface area (Å²) >= 11 is 0. The van der Waals surface area contributed by atoms with E-state index in [0.29, 0.717) is 0 Å². The molecule has 0 amide bonds. The standard InChI is InChI=1S/C8H13N3O2S.ClH/c1-11(2)7-3-5-8(6-4-7)14(12,13)10-9;/h3-6,10H,9H2,1-2H3;1H. The van der Waals surface area contributed by atoms with Crippen LogP contribution in [-0.2, 0) is 10.0 Å². The van der Waals surface area contributed by atoms with Crippen molar-refractivity contribution in [1.29, 1.82) is 0 Å². The van der Waals surface area contributed by atoms with Crippen LogP contribution in [0.5, 0.6) is 0 Å². The number of hydrogen-bond acceptors (Lipinski definition) is 4. The van der Waals surface area contributed by atoms with Gasteiger partial charge < -0.3 is 4.90 Å². The van der Waals surface area contributed by atoms with Gasteiger partial charge in [-0.1, -0.05) is 0 Å². The van der Waals surface area contributed by atoms with Crippen molar-refractivity contribution in [3.05, 3.63) is 24.3 Å². The molecule has 0 fully saturated rings. The maximum atomic E-state index is 11.2. The lowest BCUT2D eigenvalue weighted by molar-refractivity contribution is 0.584. The number of rotatable bonds is 3. The van der Waals surface area contributed by atoms with E-state index in [9.17, 15) is 8.42 Å². The number of nitrogens with zero attached hydrogens (tertiary/aromatic N) is 1. The molecule has 0 aromatic heterocycles. The molecule has 1 rings (SSSR count). The topological polar surface area (TPSA) is 75.4 Å². The van der Waals surface area contributed by atoms with Gasteiger partial charge in [0, 0.05) is 19.8 Å². The van der Waals surface area contributed by atoms with Gasteiger partial charge in [0.05, 0.1) is 4.90 Å². The molecule has 0 bridgehead atoms. The van der Waals surface area contributed by atoms with Gasteiger partial charge in [0.15, 0.2) is 0 Å². The Hall–Kier alpha value is -0.820. The molecule has 1 aromatic carbocycles. The van der Waals surface area contributed by atoms with Gasteiger partial charge in [0.2, 0.25) is 0 Å². The maximum Gasteiger partial charge on any atom is 0.253 e. The second-order valence-electron chi connectivity index (χ2n) is 3.01. The Balaban J connectivity index is 0.00000196. The summed E-state index contributed by atoms with van der Waals surface area (Å²) < 4.78 is 22.5. The van der Waals surface area contributed by atoms with Crippen LogP contribution in [0.25, 0.3) is 0 Å². The summed E-state index contributed by atoms with van der Waals surface area (Å²) in [5.41, 5.74) is 0.931. The summed E-state index contributed by atoms with van der Waals surface area (Å²) in [6.45, 7) is 0. The van der Waals surface area contributed by atoms with Crippen molar-refractivity contribution in [3.8, 4) is 0 Å². The zero-order valence-electron chi connectivity index (χ0n) is 8.47. The maximum absolute atomic E-state index is 11.2. The van der Waals surface area contributed by atoms with Crippen LogP contribution in [0.4, 0.5) is 5.69 Å². The van der Waals surface area contributed by atoms with Gasteiger partial charge in [-0.2, -0.15) is 4.83 Å². The lowest BCUT2D eigenvalue weighted by Crippen LogP contribution is -2.30. The fraction of sp³-hybridized carbons (Fsp3) is 0.250. The predicted molar refractivity (Wildman–Crippen MR) is 62.5 cm³/mol.